The van der Waals surface area contributed by atoms with Crippen molar-refractivity contribution < 1.29 is 14.3 Å². The molecule has 0 amide bonds. The first kappa shape index (κ1) is 10.9. The molecule has 0 fully saturated rings. The van der Waals surface area contributed by atoms with Gasteiger partial charge in [0.1, 0.15) is 0 Å². The molecule has 3 nitrogen and oxygen atoms in total. The van der Waals surface area contributed by atoms with Crippen LogP contribution in [0.15, 0.2) is 12.2 Å². The monoisotopic (exact) mass is 170 g/mol. The van der Waals surface area contributed by atoms with Gasteiger partial charge >= 0.3 is 12.4 Å². The molecule has 0 aliphatic rings. The first-order valence-electron chi connectivity index (χ1n) is 4.04. The van der Waals surface area contributed by atoms with Gasteiger partial charge < -0.3 is 4.74 Å². The fourth-order valence-corrected chi connectivity index (χ4v) is 0.817. The van der Waals surface area contributed by atoms with Gasteiger partial charge in [-0.3, -0.25) is 4.79 Å². The van der Waals surface area contributed by atoms with Gasteiger partial charge in [-0.25, -0.2) is 4.79 Å². The minimum Gasteiger partial charge on any atom is -0.392 e. The highest BCUT2D eigenvalue weighted by Crippen LogP contribution is 2.07. The maximum atomic E-state index is 10.8. The second-order valence-electron chi connectivity index (χ2n) is 2.56. The molecule has 0 heterocycles. The van der Waals surface area contributed by atoms with Crippen molar-refractivity contribution in [2.75, 3.05) is 0 Å². The van der Waals surface area contributed by atoms with Crippen molar-refractivity contribution in [1.29, 1.82) is 0 Å². The third-order valence-electron chi connectivity index (χ3n) is 1.53. The standard InChI is InChI=1S/C9H14O3/c1-3-4-5-6-8(2)9(11)12-7-10/h7H,2-6H2,1H3. The highest BCUT2D eigenvalue weighted by atomic mass is 16.6. The SMILES string of the molecule is C=C(CCCCC)C(=O)OC=O. The normalized spacial score (nSPS) is 9.08. The average Bonchev–Trinajstić information content (AvgIpc) is 2.05. The maximum Gasteiger partial charge on any atom is 0.340 e. The maximum absolute atomic E-state index is 10.8. The second kappa shape index (κ2) is 6.58. The molecule has 0 aliphatic carbocycles. The third kappa shape index (κ3) is 4.66. The zero-order valence-corrected chi connectivity index (χ0v) is 7.34. The minimum absolute atomic E-state index is 0.132. The van der Waals surface area contributed by atoms with E-state index in [9.17, 15) is 9.59 Å². The third-order valence-corrected chi connectivity index (χ3v) is 1.53. The molecule has 0 N–H and O–H groups in total. The van der Waals surface area contributed by atoms with Gasteiger partial charge in [0.05, 0.1) is 0 Å². The molecule has 68 valence electrons. The molecule has 0 bridgehead atoms. The van der Waals surface area contributed by atoms with Gasteiger partial charge in [-0.15, -0.1) is 0 Å². The molecule has 0 aliphatic heterocycles. The van der Waals surface area contributed by atoms with E-state index in [1.54, 1.807) is 0 Å². The Morgan fingerprint density at radius 1 is 1.50 bits per heavy atom. The molecule has 0 saturated heterocycles. The summed E-state index contributed by atoms with van der Waals surface area (Å²) in [6, 6.07) is 0. The van der Waals surface area contributed by atoms with E-state index < -0.39 is 5.97 Å². The molecular weight excluding hydrogens is 156 g/mol. The Labute approximate surface area is 72.4 Å². The molecule has 0 saturated carbocycles. The smallest absolute Gasteiger partial charge is 0.340 e. The van der Waals surface area contributed by atoms with E-state index in [1.165, 1.54) is 0 Å². The van der Waals surface area contributed by atoms with Gasteiger partial charge in [0.2, 0.25) is 0 Å². The molecule has 0 spiro atoms. The van der Waals surface area contributed by atoms with Crippen molar-refractivity contribution >= 4 is 12.4 Å². The summed E-state index contributed by atoms with van der Waals surface area (Å²) in [5, 5.41) is 0. The fraction of sp³-hybridized carbons (Fsp3) is 0.556. The Morgan fingerprint density at radius 3 is 2.67 bits per heavy atom. The highest BCUT2D eigenvalue weighted by Gasteiger charge is 2.06. The quantitative estimate of drug-likeness (QED) is 0.201. The van der Waals surface area contributed by atoms with E-state index in [0.717, 1.165) is 19.3 Å². The lowest BCUT2D eigenvalue weighted by molar-refractivity contribution is -0.148. The summed E-state index contributed by atoms with van der Waals surface area (Å²) in [5.41, 5.74) is 0.371. The number of carbonyl (C=O) groups is 2. The number of unbranched alkanes of at least 4 members (excludes halogenated alkanes) is 2. The van der Waals surface area contributed by atoms with Crippen LogP contribution >= 0.6 is 0 Å². The van der Waals surface area contributed by atoms with Crippen LogP contribution in [0.1, 0.15) is 32.6 Å². The Morgan fingerprint density at radius 2 is 2.17 bits per heavy atom. The zero-order chi connectivity index (χ0) is 9.40. The fourth-order valence-electron chi connectivity index (χ4n) is 0.817. The summed E-state index contributed by atoms with van der Waals surface area (Å²) in [6.07, 6.45) is 3.69. The molecule has 0 unspecified atom stereocenters. The summed E-state index contributed by atoms with van der Waals surface area (Å²) >= 11 is 0. The van der Waals surface area contributed by atoms with Gasteiger partial charge in [0, 0.05) is 5.57 Å². The molecule has 0 aromatic heterocycles. The minimum atomic E-state index is -0.610. The lowest BCUT2D eigenvalue weighted by atomic mass is 10.1. The van der Waals surface area contributed by atoms with Crippen molar-refractivity contribution in [3.05, 3.63) is 12.2 Å². The summed E-state index contributed by atoms with van der Waals surface area (Å²) in [6.45, 7) is 5.72. The van der Waals surface area contributed by atoms with Gasteiger partial charge in [0.15, 0.2) is 0 Å². The van der Waals surface area contributed by atoms with Gasteiger partial charge in [0.25, 0.3) is 0 Å². The molecule has 0 radical (unpaired) electrons. The van der Waals surface area contributed by atoms with Gasteiger partial charge in [-0.05, 0) is 12.8 Å². The van der Waals surface area contributed by atoms with Gasteiger partial charge in [-0.1, -0.05) is 26.3 Å². The van der Waals surface area contributed by atoms with Crippen LogP contribution in [0, 0.1) is 0 Å². The molecule has 0 atom stereocenters. The lowest BCUT2D eigenvalue weighted by Gasteiger charge is -2.00. The van der Waals surface area contributed by atoms with Crippen LogP contribution in [0.4, 0.5) is 0 Å². The van der Waals surface area contributed by atoms with E-state index >= 15 is 0 Å². The van der Waals surface area contributed by atoms with E-state index in [1.807, 2.05) is 0 Å². The van der Waals surface area contributed by atoms with Crippen molar-refractivity contribution in [3.63, 3.8) is 0 Å². The van der Waals surface area contributed by atoms with Crippen LogP contribution in [-0.2, 0) is 14.3 Å². The predicted octanol–water partition coefficient (Wildman–Crippen LogP) is 1.82. The van der Waals surface area contributed by atoms with Crippen LogP contribution in [0.2, 0.25) is 0 Å². The number of rotatable bonds is 6. The predicted molar refractivity (Wildman–Crippen MR) is 45.4 cm³/mol. The largest absolute Gasteiger partial charge is 0.392 e. The summed E-state index contributed by atoms with van der Waals surface area (Å²) < 4.78 is 4.12. The van der Waals surface area contributed by atoms with Crippen LogP contribution in [0.25, 0.3) is 0 Å². The summed E-state index contributed by atoms with van der Waals surface area (Å²) in [5.74, 6) is -0.610. The lowest BCUT2D eigenvalue weighted by Crippen LogP contribution is -2.05. The Bertz CT molecular complexity index is 173. The van der Waals surface area contributed by atoms with Crippen molar-refractivity contribution in [1.82, 2.24) is 0 Å². The van der Waals surface area contributed by atoms with Crippen LogP contribution in [0.5, 0.6) is 0 Å². The number of hydrogen-bond donors (Lipinski definition) is 0. The molecule has 12 heavy (non-hydrogen) atoms. The summed E-state index contributed by atoms with van der Waals surface area (Å²) in [7, 11) is 0. The van der Waals surface area contributed by atoms with E-state index in [-0.39, 0.29) is 6.47 Å². The molecule has 0 aromatic rings. The number of carbonyl (C=O) groups excluding carboxylic acids is 2. The number of hydrogen-bond acceptors (Lipinski definition) is 3. The molecular formula is C9H14O3. The topological polar surface area (TPSA) is 43.4 Å². The highest BCUT2D eigenvalue weighted by molar-refractivity contribution is 5.91. The zero-order valence-electron chi connectivity index (χ0n) is 7.34. The van der Waals surface area contributed by atoms with Crippen molar-refractivity contribution in [3.8, 4) is 0 Å². The molecule has 0 rings (SSSR count). The average molecular weight is 170 g/mol. The number of ether oxygens (including phenoxy) is 1. The number of esters is 1. The van der Waals surface area contributed by atoms with Crippen LogP contribution in [0.3, 0.4) is 0 Å². The first-order chi connectivity index (χ1) is 5.72. The van der Waals surface area contributed by atoms with E-state index in [2.05, 4.69) is 18.2 Å². The van der Waals surface area contributed by atoms with Crippen molar-refractivity contribution in [2.24, 2.45) is 0 Å². The Hall–Kier alpha value is -1.12. The Kier molecular flexibility index (Phi) is 5.97. The second-order valence-corrected chi connectivity index (χ2v) is 2.56. The molecule has 0 aromatic carbocycles. The van der Waals surface area contributed by atoms with Crippen LogP contribution in [-0.4, -0.2) is 12.4 Å². The molecule has 3 heteroatoms. The Balaban J connectivity index is 3.57. The van der Waals surface area contributed by atoms with Gasteiger partial charge in [-0.2, -0.15) is 0 Å². The van der Waals surface area contributed by atoms with Crippen LogP contribution < -0.4 is 0 Å². The van der Waals surface area contributed by atoms with E-state index in [4.69, 9.17) is 0 Å². The summed E-state index contributed by atoms with van der Waals surface area (Å²) in [4.78, 5) is 20.5. The van der Waals surface area contributed by atoms with Crippen molar-refractivity contribution in [2.45, 2.75) is 32.6 Å². The first-order valence-corrected chi connectivity index (χ1v) is 4.04. The van der Waals surface area contributed by atoms with E-state index in [0.29, 0.717) is 12.0 Å².